The Bertz CT molecular complexity index is 1380. The Labute approximate surface area is 236 Å². The number of hydrogen-bond donors (Lipinski definition) is 1. The van der Waals surface area contributed by atoms with Gasteiger partial charge >= 0.3 is 0 Å². The molecule has 2 atom stereocenters. The summed E-state index contributed by atoms with van der Waals surface area (Å²) in [5.41, 5.74) is 2.85. The Hall–Kier alpha value is -3.36. The Morgan fingerprint density at radius 3 is 2.23 bits per heavy atom. The summed E-state index contributed by atoms with van der Waals surface area (Å²) >= 11 is 6.24. The number of halogens is 1. The molecule has 208 valence electrons. The van der Waals surface area contributed by atoms with Crippen LogP contribution in [0, 0.1) is 6.92 Å². The standard InChI is InChI=1S/C30H36ClN3O4S/c1-5-23(3)32-30(36)28(19-24-12-7-6-8-13-24)33(20-25-14-10-15-26(31)18-25)29(35)21-34(39(4,37)38)27-16-9-11-22(2)17-27/h6-18,23,28H,5,19-21H2,1-4H3,(H,32,36). The fraction of sp³-hybridized carbons (Fsp3) is 0.333. The fourth-order valence-corrected chi connectivity index (χ4v) is 5.28. The van der Waals surface area contributed by atoms with E-state index in [4.69, 9.17) is 11.6 Å². The molecule has 7 nitrogen and oxygen atoms in total. The van der Waals surface area contributed by atoms with Crippen molar-refractivity contribution in [3.05, 3.63) is 101 Å². The molecule has 3 rings (SSSR count). The van der Waals surface area contributed by atoms with Crippen molar-refractivity contribution >= 4 is 39.1 Å². The lowest BCUT2D eigenvalue weighted by Crippen LogP contribution is -2.54. The van der Waals surface area contributed by atoms with Gasteiger partial charge in [-0.2, -0.15) is 0 Å². The SMILES string of the molecule is CCC(C)NC(=O)C(Cc1ccccc1)N(Cc1cccc(Cl)c1)C(=O)CN(c1cccc(C)c1)S(C)(=O)=O. The van der Waals surface area contributed by atoms with Crippen molar-refractivity contribution in [3.63, 3.8) is 0 Å². The quantitative estimate of drug-likeness (QED) is 0.334. The minimum atomic E-state index is -3.81. The second-order valence-electron chi connectivity index (χ2n) is 9.78. The van der Waals surface area contributed by atoms with Crippen LogP contribution in [0.25, 0.3) is 0 Å². The summed E-state index contributed by atoms with van der Waals surface area (Å²) in [6.45, 7) is 5.36. The number of nitrogens with zero attached hydrogens (tertiary/aromatic N) is 2. The summed E-state index contributed by atoms with van der Waals surface area (Å²) in [5, 5.41) is 3.52. The molecule has 1 N–H and O–H groups in total. The maximum atomic E-state index is 14.0. The predicted molar refractivity (Wildman–Crippen MR) is 157 cm³/mol. The number of aryl methyl sites for hydroxylation is 1. The molecular weight excluding hydrogens is 534 g/mol. The van der Waals surface area contributed by atoms with Crippen LogP contribution in [0.5, 0.6) is 0 Å². The van der Waals surface area contributed by atoms with Crippen molar-refractivity contribution in [3.8, 4) is 0 Å². The fourth-order valence-electron chi connectivity index (χ4n) is 4.22. The summed E-state index contributed by atoms with van der Waals surface area (Å²) < 4.78 is 26.8. The van der Waals surface area contributed by atoms with Gasteiger partial charge in [0.2, 0.25) is 21.8 Å². The van der Waals surface area contributed by atoms with E-state index in [0.29, 0.717) is 10.7 Å². The van der Waals surface area contributed by atoms with E-state index in [1.54, 1.807) is 36.4 Å². The largest absolute Gasteiger partial charge is 0.352 e. The molecule has 0 heterocycles. The van der Waals surface area contributed by atoms with Gasteiger partial charge in [0, 0.05) is 24.0 Å². The first-order valence-electron chi connectivity index (χ1n) is 12.9. The van der Waals surface area contributed by atoms with Gasteiger partial charge in [-0.15, -0.1) is 0 Å². The van der Waals surface area contributed by atoms with Crippen LogP contribution in [0.15, 0.2) is 78.9 Å². The molecule has 0 aliphatic carbocycles. The molecule has 0 spiro atoms. The van der Waals surface area contributed by atoms with Gasteiger partial charge in [0.1, 0.15) is 12.6 Å². The van der Waals surface area contributed by atoms with Gasteiger partial charge in [-0.3, -0.25) is 13.9 Å². The molecule has 0 saturated carbocycles. The van der Waals surface area contributed by atoms with Crippen LogP contribution in [0.2, 0.25) is 5.02 Å². The highest BCUT2D eigenvalue weighted by Crippen LogP contribution is 2.22. The van der Waals surface area contributed by atoms with Crippen molar-refractivity contribution in [2.75, 3.05) is 17.1 Å². The molecular formula is C30H36ClN3O4S. The molecule has 0 radical (unpaired) electrons. The second kappa shape index (κ2) is 13.6. The average Bonchev–Trinajstić information content (AvgIpc) is 2.89. The van der Waals surface area contributed by atoms with Crippen LogP contribution in [0.3, 0.4) is 0 Å². The number of carbonyl (C=O) groups excluding carboxylic acids is 2. The predicted octanol–water partition coefficient (Wildman–Crippen LogP) is 4.97. The van der Waals surface area contributed by atoms with Crippen LogP contribution < -0.4 is 9.62 Å². The van der Waals surface area contributed by atoms with Gasteiger partial charge in [0.05, 0.1) is 11.9 Å². The molecule has 3 aromatic carbocycles. The van der Waals surface area contributed by atoms with E-state index >= 15 is 0 Å². The van der Waals surface area contributed by atoms with Gasteiger partial charge < -0.3 is 10.2 Å². The smallest absolute Gasteiger partial charge is 0.244 e. The number of carbonyl (C=O) groups is 2. The molecule has 0 bridgehead atoms. The minimum absolute atomic E-state index is 0.0796. The first-order valence-corrected chi connectivity index (χ1v) is 15.1. The summed E-state index contributed by atoms with van der Waals surface area (Å²) in [4.78, 5) is 29.2. The summed E-state index contributed by atoms with van der Waals surface area (Å²) in [6, 6.07) is 22.5. The lowest BCUT2D eigenvalue weighted by molar-refractivity contribution is -0.140. The summed E-state index contributed by atoms with van der Waals surface area (Å²) in [5.74, 6) is -0.799. The Morgan fingerprint density at radius 1 is 0.949 bits per heavy atom. The summed E-state index contributed by atoms with van der Waals surface area (Å²) in [6.07, 6.45) is 2.06. The molecule has 39 heavy (non-hydrogen) atoms. The molecule has 0 aliphatic rings. The van der Waals surface area contributed by atoms with Crippen molar-refractivity contribution < 1.29 is 18.0 Å². The van der Waals surface area contributed by atoms with Crippen LogP contribution in [0.4, 0.5) is 5.69 Å². The zero-order valence-corrected chi connectivity index (χ0v) is 24.4. The molecule has 9 heteroatoms. The lowest BCUT2D eigenvalue weighted by atomic mass is 10.0. The monoisotopic (exact) mass is 569 g/mol. The van der Waals surface area contributed by atoms with Crippen LogP contribution in [0.1, 0.15) is 37.0 Å². The number of amides is 2. The normalized spacial score (nSPS) is 12.8. The van der Waals surface area contributed by atoms with E-state index in [2.05, 4.69) is 5.32 Å². The zero-order valence-electron chi connectivity index (χ0n) is 22.8. The van der Waals surface area contributed by atoms with E-state index in [9.17, 15) is 18.0 Å². The van der Waals surface area contributed by atoms with Crippen molar-refractivity contribution in [1.29, 1.82) is 0 Å². The van der Waals surface area contributed by atoms with Gasteiger partial charge in [0.15, 0.2) is 0 Å². The molecule has 0 saturated heterocycles. The number of anilines is 1. The first kappa shape index (κ1) is 30.2. The molecule has 0 fully saturated rings. The molecule has 2 unspecified atom stereocenters. The molecule has 2 amide bonds. The zero-order chi connectivity index (χ0) is 28.6. The number of benzene rings is 3. The van der Waals surface area contributed by atoms with Gasteiger partial charge in [-0.25, -0.2) is 8.42 Å². The van der Waals surface area contributed by atoms with Crippen molar-refractivity contribution in [2.24, 2.45) is 0 Å². The number of nitrogens with one attached hydrogen (secondary N) is 1. The van der Waals surface area contributed by atoms with E-state index in [-0.39, 0.29) is 24.9 Å². The van der Waals surface area contributed by atoms with Gasteiger partial charge in [-0.05, 0) is 61.2 Å². The third-order valence-electron chi connectivity index (χ3n) is 6.48. The molecule has 3 aromatic rings. The third-order valence-corrected chi connectivity index (χ3v) is 7.86. The van der Waals surface area contributed by atoms with Crippen molar-refractivity contribution in [1.82, 2.24) is 10.2 Å². The maximum Gasteiger partial charge on any atom is 0.244 e. The molecule has 0 aromatic heterocycles. The van der Waals surface area contributed by atoms with Crippen molar-refractivity contribution in [2.45, 2.75) is 52.2 Å². The minimum Gasteiger partial charge on any atom is -0.352 e. The second-order valence-corrected chi connectivity index (χ2v) is 12.1. The van der Waals surface area contributed by atoms with Crippen LogP contribution >= 0.6 is 11.6 Å². The van der Waals surface area contributed by atoms with Gasteiger partial charge in [0.25, 0.3) is 0 Å². The van der Waals surface area contributed by atoms with E-state index in [1.165, 1.54) is 4.90 Å². The number of rotatable bonds is 12. The van der Waals surface area contributed by atoms with E-state index in [0.717, 1.165) is 33.7 Å². The average molecular weight is 570 g/mol. The van der Waals surface area contributed by atoms with Crippen LogP contribution in [-0.4, -0.2) is 50.0 Å². The topological polar surface area (TPSA) is 86.8 Å². The van der Waals surface area contributed by atoms with E-state index in [1.807, 2.05) is 63.2 Å². The molecule has 0 aliphatic heterocycles. The summed E-state index contributed by atoms with van der Waals surface area (Å²) in [7, 11) is -3.81. The maximum absolute atomic E-state index is 14.0. The number of hydrogen-bond acceptors (Lipinski definition) is 4. The number of sulfonamides is 1. The third kappa shape index (κ3) is 8.83. The van der Waals surface area contributed by atoms with E-state index < -0.39 is 28.5 Å². The highest BCUT2D eigenvalue weighted by Gasteiger charge is 2.33. The highest BCUT2D eigenvalue weighted by molar-refractivity contribution is 7.92. The first-order chi connectivity index (χ1) is 18.5. The Balaban J connectivity index is 2.06. The Morgan fingerprint density at radius 2 is 1.62 bits per heavy atom. The van der Waals surface area contributed by atoms with Gasteiger partial charge in [-0.1, -0.05) is 73.1 Å². The lowest BCUT2D eigenvalue weighted by Gasteiger charge is -2.34. The Kier molecular flexibility index (Phi) is 10.5. The van der Waals surface area contributed by atoms with Crippen LogP contribution in [-0.2, 0) is 32.6 Å². The highest BCUT2D eigenvalue weighted by atomic mass is 35.5.